The second kappa shape index (κ2) is 8.06. The smallest absolute Gasteiger partial charge is 0.416 e. The molecule has 128 valence electrons. The zero-order valence-electron chi connectivity index (χ0n) is 12.9. The number of ether oxygens (including phenoxy) is 1. The minimum Gasteiger partial charge on any atom is -0.492 e. The number of halogens is 4. The lowest BCUT2D eigenvalue weighted by atomic mass is 10.2. The van der Waals surface area contributed by atoms with E-state index in [1.807, 2.05) is 6.92 Å². The summed E-state index contributed by atoms with van der Waals surface area (Å²) in [5.74, 6) is 0.585. The molecule has 0 unspecified atom stereocenters. The molecule has 0 fully saturated rings. The highest BCUT2D eigenvalue weighted by atomic mass is 35.5. The second-order valence-corrected chi connectivity index (χ2v) is 5.39. The summed E-state index contributed by atoms with van der Waals surface area (Å²) in [5.41, 5.74) is 2.78. The van der Waals surface area contributed by atoms with Gasteiger partial charge in [-0.3, -0.25) is 5.43 Å². The molecule has 2 rings (SSSR count). The van der Waals surface area contributed by atoms with Gasteiger partial charge in [-0.1, -0.05) is 24.6 Å². The Morgan fingerprint density at radius 1 is 1.21 bits per heavy atom. The normalized spacial score (nSPS) is 11.7. The number of anilines is 1. The molecule has 0 aliphatic heterocycles. The Balaban J connectivity index is 2.03. The van der Waals surface area contributed by atoms with Crippen molar-refractivity contribution in [3.63, 3.8) is 0 Å². The third-order valence-electron chi connectivity index (χ3n) is 3.01. The molecule has 7 heteroatoms. The van der Waals surface area contributed by atoms with Crippen LogP contribution in [0.4, 0.5) is 18.9 Å². The highest BCUT2D eigenvalue weighted by Crippen LogP contribution is 2.30. The highest BCUT2D eigenvalue weighted by molar-refractivity contribution is 6.32. The van der Waals surface area contributed by atoms with Crippen molar-refractivity contribution in [1.82, 2.24) is 0 Å². The number of nitrogens with zero attached hydrogens (tertiary/aromatic N) is 1. The lowest BCUT2D eigenvalue weighted by Gasteiger charge is -2.08. The van der Waals surface area contributed by atoms with Gasteiger partial charge in [-0.15, -0.1) is 0 Å². The van der Waals surface area contributed by atoms with Crippen LogP contribution in [0.3, 0.4) is 0 Å². The molecule has 0 saturated carbocycles. The van der Waals surface area contributed by atoms with Crippen molar-refractivity contribution in [1.29, 1.82) is 0 Å². The summed E-state index contributed by atoms with van der Waals surface area (Å²) in [4.78, 5) is 0. The average Bonchev–Trinajstić information content (AvgIpc) is 2.54. The summed E-state index contributed by atoms with van der Waals surface area (Å²) < 4.78 is 43.4. The molecule has 0 amide bonds. The van der Waals surface area contributed by atoms with Crippen LogP contribution in [-0.2, 0) is 6.18 Å². The van der Waals surface area contributed by atoms with Crippen LogP contribution in [0.1, 0.15) is 24.5 Å². The largest absolute Gasteiger partial charge is 0.492 e. The van der Waals surface area contributed by atoms with E-state index in [4.69, 9.17) is 16.3 Å². The molecule has 3 nitrogen and oxygen atoms in total. The molecule has 0 aliphatic carbocycles. The van der Waals surface area contributed by atoms with Crippen molar-refractivity contribution in [2.24, 2.45) is 5.10 Å². The number of hydrazone groups is 1. The first kappa shape index (κ1) is 18.1. The molecule has 0 spiro atoms. The molecule has 0 saturated heterocycles. The topological polar surface area (TPSA) is 33.6 Å². The van der Waals surface area contributed by atoms with Crippen molar-refractivity contribution >= 4 is 23.5 Å². The monoisotopic (exact) mass is 356 g/mol. The second-order valence-electron chi connectivity index (χ2n) is 4.99. The molecule has 0 aromatic heterocycles. The minimum atomic E-state index is -4.39. The van der Waals surface area contributed by atoms with E-state index in [1.54, 1.807) is 18.2 Å². The Kier molecular flexibility index (Phi) is 6.09. The van der Waals surface area contributed by atoms with Crippen LogP contribution in [0.25, 0.3) is 0 Å². The summed E-state index contributed by atoms with van der Waals surface area (Å²) in [6.07, 6.45) is -2.04. The zero-order valence-corrected chi connectivity index (χ0v) is 13.7. The van der Waals surface area contributed by atoms with Crippen LogP contribution >= 0.6 is 11.6 Å². The number of benzene rings is 2. The highest BCUT2D eigenvalue weighted by Gasteiger charge is 2.30. The zero-order chi connectivity index (χ0) is 17.6. The van der Waals surface area contributed by atoms with E-state index in [2.05, 4.69) is 10.5 Å². The number of hydrogen-bond donors (Lipinski definition) is 1. The van der Waals surface area contributed by atoms with Crippen molar-refractivity contribution in [2.75, 3.05) is 12.0 Å². The van der Waals surface area contributed by atoms with E-state index >= 15 is 0 Å². The standard InChI is InChI=1S/C17H16ClF3N2O/c1-2-8-24-16-7-6-12(9-15(16)18)11-22-23-14-5-3-4-13(10-14)17(19,20)21/h3-7,9-11,23H,2,8H2,1H3. The van der Waals surface area contributed by atoms with Crippen LogP contribution in [0.15, 0.2) is 47.6 Å². The van der Waals surface area contributed by atoms with Gasteiger partial charge in [0.1, 0.15) is 5.75 Å². The number of hydrogen-bond acceptors (Lipinski definition) is 3. The molecule has 0 heterocycles. The Morgan fingerprint density at radius 2 is 2.00 bits per heavy atom. The fourth-order valence-corrected chi connectivity index (χ4v) is 2.12. The Hall–Kier alpha value is -2.21. The molecular weight excluding hydrogens is 341 g/mol. The molecule has 1 N–H and O–H groups in total. The predicted octanol–water partition coefficient (Wildman–Crippen LogP) is 5.59. The molecule has 0 aliphatic rings. The van der Waals surface area contributed by atoms with Crippen LogP contribution in [0.2, 0.25) is 5.02 Å². The maximum Gasteiger partial charge on any atom is 0.416 e. The van der Waals surface area contributed by atoms with Gasteiger partial charge in [0.2, 0.25) is 0 Å². The van der Waals surface area contributed by atoms with Gasteiger partial charge in [0.05, 0.1) is 29.1 Å². The number of nitrogens with one attached hydrogen (secondary N) is 1. The fourth-order valence-electron chi connectivity index (χ4n) is 1.87. The van der Waals surface area contributed by atoms with Gasteiger partial charge in [-0.2, -0.15) is 18.3 Å². The number of rotatable bonds is 6. The Labute approximate surface area is 143 Å². The summed E-state index contributed by atoms with van der Waals surface area (Å²) in [5, 5.41) is 4.38. The van der Waals surface area contributed by atoms with E-state index in [-0.39, 0.29) is 5.69 Å². The van der Waals surface area contributed by atoms with Gasteiger partial charge in [0.15, 0.2) is 0 Å². The average molecular weight is 357 g/mol. The van der Waals surface area contributed by atoms with Crippen molar-refractivity contribution < 1.29 is 17.9 Å². The molecular formula is C17H16ClF3N2O. The van der Waals surface area contributed by atoms with Crippen LogP contribution in [0.5, 0.6) is 5.75 Å². The van der Waals surface area contributed by atoms with Gasteiger partial charge < -0.3 is 4.74 Å². The van der Waals surface area contributed by atoms with Gasteiger partial charge in [0.25, 0.3) is 0 Å². The Morgan fingerprint density at radius 3 is 2.67 bits per heavy atom. The molecule has 0 radical (unpaired) electrons. The van der Waals surface area contributed by atoms with E-state index in [9.17, 15) is 13.2 Å². The molecule has 2 aromatic carbocycles. The minimum absolute atomic E-state index is 0.245. The van der Waals surface area contributed by atoms with Crippen LogP contribution in [0, 0.1) is 0 Å². The quantitative estimate of drug-likeness (QED) is 0.540. The third-order valence-corrected chi connectivity index (χ3v) is 3.31. The molecule has 0 bridgehead atoms. The van der Waals surface area contributed by atoms with E-state index in [0.717, 1.165) is 18.6 Å². The van der Waals surface area contributed by atoms with Crippen molar-refractivity contribution in [3.8, 4) is 5.75 Å². The van der Waals surface area contributed by atoms with Crippen molar-refractivity contribution in [3.05, 3.63) is 58.6 Å². The summed E-state index contributed by atoms with van der Waals surface area (Å²) in [6.45, 7) is 2.57. The van der Waals surface area contributed by atoms with Gasteiger partial charge in [-0.25, -0.2) is 0 Å². The summed E-state index contributed by atoms with van der Waals surface area (Å²) >= 11 is 6.10. The Bertz CT molecular complexity index is 717. The lowest BCUT2D eigenvalue weighted by Crippen LogP contribution is -2.05. The first-order valence-electron chi connectivity index (χ1n) is 7.29. The first-order chi connectivity index (χ1) is 11.4. The number of alkyl halides is 3. The van der Waals surface area contributed by atoms with E-state index in [1.165, 1.54) is 18.3 Å². The molecule has 24 heavy (non-hydrogen) atoms. The first-order valence-corrected chi connectivity index (χ1v) is 7.66. The maximum atomic E-state index is 12.6. The lowest BCUT2D eigenvalue weighted by molar-refractivity contribution is -0.137. The summed E-state index contributed by atoms with van der Waals surface area (Å²) in [7, 11) is 0. The third kappa shape index (κ3) is 5.16. The molecule has 2 aromatic rings. The van der Waals surface area contributed by atoms with E-state index in [0.29, 0.717) is 22.9 Å². The molecule has 0 atom stereocenters. The van der Waals surface area contributed by atoms with Gasteiger partial charge >= 0.3 is 6.18 Å². The SMILES string of the molecule is CCCOc1ccc(C=NNc2cccc(C(F)(F)F)c2)cc1Cl. The predicted molar refractivity (Wildman–Crippen MR) is 89.9 cm³/mol. The van der Waals surface area contributed by atoms with Crippen LogP contribution < -0.4 is 10.2 Å². The van der Waals surface area contributed by atoms with Crippen LogP contribution in [-0.4, -0.2) is 12.8 Å². The maximum absolute atomic E-state index is 12.6. The van der Waals surface area contributed by atoms with Gasteiger partial charge in [0, 0.05) is 0 Å². The van der Waals surface area contributed by atoms with E-state index < -0.39 is 11.7 Å². The van der Waals surface area contributed by atoms with Crippen molar-refractivity contribution in [2.45, 2.75) is 19.5 Å². The summed E-state index contributed by atoms with van der Waals surface area (Å²) in [6, 6.07) is 9.97. The van der Waals surface area contributed by atoms with Gasteiger partial charge in [-0.05, 0) is 48.4 Å². The fraction of sp³-hybridized carbons (Fsp3) is 0.235.